The summed E-state index contributed by atoms with van der Waals surface area (Å²) in [6.45, 7) is 5.98. The van der Waals surface area contributed by atoms with Crippen LogP contribution in [0.4, 0.5) is 0 Å². The van der Waals surface area contributed by atoms with Crippen molar-refractivity contribution in [2.45, 2.75) is 44.7 Å². The van der Waals surface area contributed by atoms with Crippen LogP contribution in [0.15, 0.2) is 0 Å². The number of halogens is 2. The van der Waals surface area contributed by atoms with Crippen molar-refractivity contribution >= 4 is 30.7 Å². The number of nitrogens with zero attached hydrogens (tertiary/aromatic N) is 2. The molecule has 6 heteroatoms. The molecule has 0 aliphatic carbocycles. The van der Waals surface area contributed by atoms with Gasteiger partial charge >= 0.3 is 0 Å². The number of carbonyl (C=O) groups is 1. The molecule has 0 spiro atoms. The Bertz CT molecular complexity index is 266. The zero-order chi connectivity index (χ0) is 11.5. The molecule has 0 radical (unpaired) electrons. The number of likely N-dealkylation sites (tertiary alicyclic amines) is 1. The molecule has 2 atom stereocenters. The van der Waals surface area contributed by atoms with Crippen molar-refractivity contribution < 1.29 is 4.79 Å². The molecule has 2 rings (SSSR count). The third-order valence-electron chi connectivity index (χ3n) is 3.96. The van der Waals surface area contributed by atoms with Gasteiger partial charge < -0.3 is 15.5 Å². The predicted octanol–water partition coefficient (Wildman–Crippen LogP) is 1.26. The van der Waals surface area contributed by atoms with Crippen LogP contribution in [0, 0.1) is 0 Å². The first kappa shape index (κ1) is 18.0. The molecule has 2 fully saturated rings. The first-order chi connectivity index (χ1) is 7.76. The highest BCUT2D eigenvalue weighted by molar-refractivity contribution is 5.85. The number of rotatable bonds is 3. The van der Waals surface area contributed by atoms with Crippen LogP contribution in [0.1, 0.15) is 32.6 Å². The first-order valence-corrected chi connectivity index (χ1v) is 6.49. The van der Waals surface area contributed by atoms with Gasteiger partial charge in [-0.3, -0.25) is 4.79 Å². The minimum Gasteiger partial charge on any atom is -0.335 e. The van der Waals surface area contributed by atoms with Gasteiger partial charge in [0, 0.05) is 38.1 Å². The van der Waals surface area contributed by atoms with E-state index in [-0.39, 0.29) is 30.7 Å². The van der Waals surface area contributed by atoms with Crippen LogP contribution in [0.5, 0.6) is 0 Å². The molecule has 0 aromatic rings. The van der Waals surface area contributed by atoms with Crippen LogP contribution < -0.4 is 5.73 Å². The van der Waals surface area contributed by atoms with E-state index in [1.807, 2.05) is 0 Å². The van der Waals surface area contributed by atoms with Gasteiger partial charge in [0.2, 0.25) is 5.91 Å². The fourth-order valence-corrected chi connectivity index (χ4v) is 3.09. The highest BCUT2D eigenvalue weighted by Crippen LogP contribution is 2.30. The summed E-state index contributed by atoms with van der Waals surface area (Å²) in [6.07, 6.45) is 4.02. The molecule has 2 aliphatic rings. The number of hydrogen-bond acceptors (Lipinski definition) is 3. The molecule has 2 aliphatic heterocycles. The van der Waals surface area contributed by atoms with Crippen LogP contribution in [0.25, 0.3) is 0 Å². The van der Waals surface area contributed by atoms with Crippen molar-refractivity contribution in [3.05, 3.63) is 0 Å². The number of amides is 1. The average molecular weight is 298 g/mol. The fraction of sp³-hybridized carbons (Fsp3) is 0.917. The Labute approximate surface area is 122 Å². The summed E-state index contributed by atoms with van der Waals surface area (Å²) in [6, 6.07) is 0.937. The summed E-state index contributed by atoms with van der Waals surface area (Å²) in [4.78, 5) is 16.6. The zero-order valence-corrected chi connectivity index (χ0v) is 12.6. The number of nitrogens with two attached hydrogens (primary N) is 1. The van der Waals surface area contributed by atoms with Gasteiger partial charge in [-0.25, -0.2) is 0 Å². The Kier molecular flexibility index (Phi) is 8.19. The Balaban J connectivity index is 0.00000144. The Hall–Kier alpha value is -0.0300. The number of hydrogen-bond donors (Lipinski definition) is 1. The zero-order valence-electron chi connectivity index (χ0n) is 11.0. The lowest BCUT2D eigenvalue weighted by Gasteiger charge is -2.28. The molecule has 18 heavy (non-hydrogen) atoms. The Morgan fingerprint density at radius 2 is 1.89 bits per heavy atom. The van der Waals surface area contributed by atoms with Gasteiger partial charge in [-0.15, -0.1) is 24.8 Å². The van der Waals surface area contributed by atoms with Crippen molar-refractivity contribution in [2.24, 2.45) is 5.73 Å². The molecule has 4 nitrogen and oxygen atoms in total. The van der Waals surface area contributed by atoms with E-state index in [4.69, 9.17) is 5.73 Å². The highest BCUT2D eigenvalue weighted by Gasteiger charge is 2.38. The smallest absolute Gasteiger partial charge is 0.224 e. The van der Waals surface area contributed by atoms with Gasteiger partial charge in [0.05, 0.1) is 0 Å². The Morgan fingerprint density at radius 3 is 2.50 bits per heavy atom. The van der Waals surface area contributed by atoms with Crippen LogP contribution in [-0.4, -0.2) is 54.0 Å². The molecule has 2 saturated heterocycles. The van der Waals surface area contributed by atoms with E-state index in [0.29, 0.717) is 25.0 Å². The van der Waals surface area contributed by atoms with E-state index < -0.39 is 0 Å². The van der Waals surface area contributed by atoms with E-state index >= 15 is 0 Å². The monoisotopic (exact) mass is 297 g/mol. The number of fused-ring (bicyclic) bond motifs is 2. The third-order valence-corrected chi connectivity index (χ3v) is 3.96. The molecule has 2 N–H and O–H groups in total. The third kappa shape index (κ3) is 3.73. The van der Waals surface area contributed by atoms with E-state index in [0.717, 1.165) is 26.1 Å². The van der Waals surface area contributed by atoms with Crippen molar-refractivity contribution in [1.29, 1.82) is 0 Å². The van der Waals surface area contributed by atoms with Gasteiger partial charge in [-0.1, -0.05) is 6.92 Å². The lowest BCUT2D eigenvalue weighted by atomic mass is 10.1. The molecule has 0 saturated carbocycles. The molecule has 2 bridgehead atoms. The van der Waals surface area contributed by atoms with Crippen molar-refractivity contribution in [3.63, 3.8) is 0 Å². The maximum absolute atomic E-state index is 12.0. The summed E-state index contributed by atoms with van der Waals surface area (Å²) in [5.74, 6) is 0.271. The quantitative estimate of drug-likeness (QED) is 0.853. The SMILES string of the molecule is CCN1CCC2CCC(C1)N2C(=O)CCN.Cl.Cl. The molecule has 2 unspecified atom stereocenters. The molecule has 0 aromatic heterocycles. The van der Waals surface area contributed by atoms with E-state index in [2.05, 4.69) is 16.7 Å². The van der Waals surface area contributed by atoms with Crippen LogP contribution >= 0.6 is 24.8 Å². The average Bonchev–Trinajstić information content (AvgIpc) is 2.54. The van der Waals surface area contributed by atoms with Gasteiger partial charge in [-0.05, 0) is 25.8 Å². The predicted molar refractivity (Wildman–Crippen MR) is 78.6 cm³/mol. The maximum atomic E-state index is 12.0. The van der Waals surface area contributed by atoms with Crippen LogP contribution in [-0.2, 0) is 4.79 Å². The van der Waals surface area contributed by atoms with E-state index in [9.17, 15) is 4.79 Å². The van der Waals surface area contributed by atoms with E-state index in [1.54, 1.807) is 0 Å². The summed E-state index contributed by atoms with van der Waals surface area (Å²) >= 11 is 0. The molecule has 108 valence electrons. The van der Waals surface area contributed by atoms with Crippen molar-refractivity contribution in [2.75, 3.05) is 26.2 Å². The molecule has 2 heterocycles. The largest absolute Gasteiger partial charge is 0.335 e. The second-order valence-electron chi connectivity index (χ2n) is 4.91. The summed E-state index contributed by atoms with van der Waals surface area (Å²) in [7, 11) is 0. The number of carbonyl (C=O) groups excluding carboxylic acids is 1. The standard InChI is InChI=1S/C12H23N3O.2ClH/c1-2-14-8-6-10-3-4-11(9-14)15(10)12(16)5-7-13;;/h10-11H,2-9,13H2,1H3;2*1H. The fourth-order valence-electron chi connectivity index (χ4n) is 3.09. The maximum Gasteiger partial charge on any atom is 0.224 e. The molecule has 0 aromatic carbocycles. The molecular formula is C12H25Cl2N3O. The van der Waals surface area contributed by atoms with E-state index in [1.165, 1.54) is 12.8 Å². The topological polar surface area (TPSA) is 49.6 Å². The summed E-state index contributed by atoms with van der Waals surface area (Å²) < 4.78 is 0. The van der Waals surface area contributed by atoms with Crippen LogP contribution in [0.3, 0.4) is 0 Å². The minimum absolute atomic E-state index is 0. The van der Waals surface area contributed by atoms with Gasteiger partial charge in [0.25, 0.3) is 0 Å². The van der Waals surface area contributed by atoms with Gasteiger partial charge in [-0.2, -0.15) is 0 Å². The second-order valence-corrected chi connectivity index (χ2v) is 4.91. The normalized spacial score (nSPS) is 27.1. The lowest BCUT2D eigenvalue weighted by molar-refractivity contribution is -0.133. The van der Waals surface area contributed by atoms with Gasteiger partial charge in [0.1, 0.15) is 0 Å². The highest BCUT2D eigenvalue weighted by atomic mass is 35.5. The van der Waals surface area contributed by atoms with Crippen molar-refractivity contribution in [1.82, 2.24) is 9.80 Å². The number of likely N-dealkylation sites (N-methyl/N-ethyl adjacent to an activating group) is 1. The first-order valence-electron chi connectivity index (χ1n) is 6.49. The van der Waals surface area contributed by atoms with Crippen LogP contribution in [0.2, 0.25) is 0 Å². The second kappa shape index (κ2) is 8.20. The molecular weight excluding hydrogens is 273 g/mol. The Morgan fingerprint density at radius 1 is 1.22 bits per heavy atom. The minimum atomic E-state index is 0. The lowest BCUT2D eigenvalue weighted by Crippen LogP contribution is -2.43. The van der Waals surface area contributed by atoms with Crippen molar-refractivity contribution in [3.8, 4) is 0 Å². The summed E-state index contributed by atoms with van der Waals surface area (Å²) in [5.41, 5.74) is 5.48. The summed E-state index contributed by atoms with van der Waals surface area (Å²) in [5, 5.41) is 0. The van der Waals surface area contributed by atoms with Gasteiger partial charge in [0.15, 0.2) is 0 Å². The molecule has 1 amide bonds.